The lowest BCUT2D eigenvalue weighted by Gasteiger charge is -2.24. The molecular weight excluding hydrogens is 314 g/mol. The Morgan fingerprint density at radius 2 is 2.22 bits per heavy atom. The van der Waals surface area contributed by atoms with Gasteiger partial charge in [-0.25, -0.2) is 9.78 Å². The van der Waals surface area contributed by atoms with Gasteiger partial charge >= 0.3 is 5.69 Å². The Hall–Kier alpha value is -2.37. The predicted molar refractivity (Wildman–Crippen MR) is 86.2 cm³/mol. The molecule has 0 radical (unpaired) electrons. The van der Waals surface area contributed by atoms with Gasteiger partial charge in [0.25, 0.3) is 5.56 Å². The number of nitrogens with one attached hydrogen (secondary N) is 2. The maximum Gasteiger partial charge on any atom is 0.325 e. The smallest absolute Gasteiger partial charge is 0.310 e. The van der Waals surface area contributed by atoms with E-state index in [0.29, 0.717) is 22.0 Å². The molecule has 2 aromatic rings. The normalized spacial score (nSPS) is 14.3. The fourth-order valence-electron chi connectivity index (χ4n) is 2.53. The monoisotopic (exact) mass is 329 g/mol. The Bertz CT molecular complexity index is 868. The number of hydrogen-bond acceptors (Lipinski definition) is 6. The first kappa shape index (κ1) is 15.5. The number of thioether (sulfide) groups is 1. The van der Waals surface area contributed by atoms with E-state index in [9.17, 15) is 14.9 Å². The molecule has 2 aromatic heterocycles. The summed E-state index contributed by atoms with van der Waals surface area (Å²) in [6.07, 6.45) is 0.854. The molecule has 0 atom stereocenters. The van der Waals surface area contributed by atoms with Crippen LogP contribution in [-0.2, 0) is 18.7 Å². The second-order valence-corrected chi connectivity index (χ2v) is 6.41. The van der Waals surface area contributed by atoms with Crippen molar-refractivity contribution in [1.82, 2.24) is 19.9 Å². The van der Waals surface area contributed by atoms with Crippen molar-refractivity contribution >= 4 is 11.8 Å². The number of nitriles is 1. The molecule has 0 fully saturated rings. The van der Waals surface area contributed by atoms with Crippen molar-refractivity contribution in [3.63, 3.8) is 0 Å². The van der Waals surface area contributed by atoms with Gasteiger partial charge in [-0.1, -0.05) is 11.8 Å². The maximum atomic E-state index is 11.3. The minimum atomic E-state index is -0.532. The quantitative estimate of drug-likeness (QED) is 0.799. The third kappa shape index (κ3) is 3.52. The third-order valence-corrected chi connectivity index (χ3v) is 4.67. The van der Waals surface area contributed by atoms with Crippen LogP contribution in [0.15, 0.2) is 26.7 Å². The highest BCUT2D eigenvalue weighted by molar-refractivity contribution is 7.98. The first-order chi connectivity index (χ1) is 11.0. The van der Waals surface area contributed by atoms with Crippen LogP contribution in [0.4, 0.5) is 0 Å². The summed E-state index contributed by atoms with van der Waals surface area (Å²) >= 11 is 1.35. The highest BCUT2D eigenvalue weighted by atomic mass is 32.2. The highest BCUT2D eigenvalue weighted by Gasteiger charge is 2.18. The number of nitrogens with zero attached hydrogens (tertiary/aromatic N) is 3. The Balaban J connectivity index is 1.86. The first-order valence-electron chi connectivity index (χ1n) is 7.12. The zero-order valence-electron chi connectivity index (χ0n) is 12.5. The third-order valence-electron chi connectivity index (χ3n) is 3.63. The molecule has 0 unspecified atom stereocenters. The van der Waals surface area contributed by atoms with Gasteiger partial charge in [-0.2, -0.15) is 5.26 Å². The molecule has 0 amide bonds. The number of pyridine rings is 1. The van der Waals surface area contributed by atoms with Crippen LogP contribution in [0.25, 0.3) is 0 Å². The van der Waals surface area contributed by atoms with Crippen molar-refractivity contribution < 1.29 is 0 Å². The zero-order valence-corrected chi connectivity index (χ0v) is 13.4. The standard InChI is InChI=1S/C15H15N5O2S/c1-20-3-2-12-10(7-20)4-9(6-16)14(18-12)23-8-11-5-13(21)19-15(22)17-11/h4-5H,2-3,7-8H2,1H3,(H2,17,19,21,22). The molecule has 0 spiro atoms. The summed E-state index contributed by atoms with van der Waals surface area (Å²) in [4.78, 5) is 34.1. The van der Waals surface area contributed by atoms with Gasteiger partial charge in [-0.3, -0.25) is 9.78 Å². The fraction of sp³-hybridized carbons (Fsp3) is 0.333. The molecule has 23 heavy (non-hydrogen) atoms. The molecule has 8 heteroatoms. The molecule has 1 aliphatic rings. The molecule has 0 bridgehead atoms. The Kier molecular flexibility index (Phi) is 4.32. The molecule has 0 aliphatic carbocycles. The van der Waals surface area contributed by atoms with Crippen molar-refractivity contribution in [2.24, 2.45) is 0 Å². The Morgan fingerprint density at radius 3 is 2.96 bits per heavy atom. The molecule has 0 saturated carbocycles. The summed E-state index contributed by atoms with van der Waals surface area (Å²) in [5, 5.41) is 9.98. The minimum Gasteiger partial charge on any atom is -0.310 e. The summed E-state index contributed by atoms with van der Waals surface area (Å²) < 4.78 is 0. The number of likely N-dealkylation sites (N-methyl/N-ethyl adjacent to an activating group) is 1. The van der Waals surface area contributed by atoms with Crippen molar-refractivity contribution in [3.05, 3.63) is 55.5 Å². The van der Waals surface area contributed by atoms with Gasteiger partial charge in [-0.15, -0.1) is 0 Å². The number of fused-ring (bicyclic) bond motifs is 1. The molecule has 3 heterocycles. The lowest BCUT2D eigenvalue weighted by Crippen LogP contribution is -2.27. The van der Waals surface area contributed by atoms with Crippen molar-refractivity contribution in [1.29, 1.82) is 5.26 Å². The summed E-state index contributed by atoms with van der Waals surface area (Å²) in [6, 6.07) is 5.41. The molecule has 7 nitrogen and oxygen atoms in total. The van der Waals surface area contributed by atoms with Gasteiger partial charge in [0.2, 0.25) is 0 Å². The first-order valence-corrected chi connectivity index (χ1v) is 8.10. The summed E-state index contributed by atoms with van der Waals surface area (Å²) in [7, 11) is 2.04. The number of hydrogen-bond donors (Lipinski definition) is 2. The van der Waals surface area contributed by atoms with Gasteiger partial charge < -0.3 is 9.88 Å². The van der Waals surface area contributed by atoms with E-state index in [-0.39, 0.29) is 0 Å². The average molecular weight is 329 g/mol. The second-order valence-electron chi connectivity index (χ2n) is 5.45. The van der Waals surface area contributed by atoms with Crippen molar-refractivity contribution in [2.75, 3.05) is 13.6 Å². The van der Waals surface area contributed by atoms with E-state index in [1.807, 2.05) is 13.1 Å². The van der Waals surface area contributed by atoms with E-state index < -0.39 is 11.2 Å². The van der Waals surface area contributed by atoms with Crippen LogP contribution in [0.5, 0.6) is 0 Å². The van der Waals surface area contributed by atoms with Crippen molar-refractivity contribution in [2.45, 2.75) is 23.7 Å². The Morgan fingerprint density at radius 1 is 1.39 bits per heavy atom. The lowest BCUT2D eigenvalue weighted by atomic mass is 10.0. The van der Waals surface area contributed by atoms with Crippen molar-refractivity contribution in [3.8, 4) is 6.07 Å². The molecule has 3 rings (SSSR count). The summed E-state index contributed by atoms with van der Waals surface area (Å²) in [5.74, 6) is 0.375. The van der Waals surface area contributed by atoms with E-state index >= 15 is 0 Å². The van der Waals surface area contributed by atoms with Crippen LogP contribution in [-0.4, -0.2) is 33.4 Å². The Labute approximate surface area is 136 Å². The van der Waals surface area contributed by atoms with Crippen LogP contribution in [0.1, 0.15) is 22.5 Å². The average Bonchev–Trinajstić information content (AvgIpc) is 2.51. The molecule has 0 saturated heterocycles. The van der Waals surface area contributed by atoms with Crippen LogP contribution in [0.2, 0.25) is 0 Å². The minimum absolute atomic E-state index is 0.375. The summed E-state index contributed by atoms with van der Waals surface area (Å²) in [6.45, 7) is 1.74. The van der Waals surface area contributed by atoms with Gasteiger partial charge in [-0.05, 0) is 18.7 Å². The van der Waals surface area contributed by atoms with E-state index in [2.05, 4.69) is 25.9 Å². The zero-order chi connectivity index (χ0) is 16.4. The van der Waals surface area contributed by atoms with Crippen LogP contribution in [0.3, 0.4) is 0 Å². The van der Waals surface area contributed by atoms with E-state index in [4.69, 9.17) is 0 Å². The number of rotatable bonds is 3. The highest BCUT2D eigenvalue weighted by Crippen LogP contribution is 2.27. The van der Waals surface area contributed by atoms with Gasteiger partial charge in [0.05, 0.1) is 5.56 Å². The fourth-order valence-corrected chi connectivity index (χ4v) is 3.41. The van der Waals surface area contributed by atoms with Gasteiger partial charge in [0.1, 0.15) is 11.1 Å². The molecule has 118 valence electrons. The SMILES string of the molecule is CN1CCc2nc(SCc3cc(=O)[nH]c(=O)[nH]3)c(C#N)cc2C1. The molecule has 0 aromatic carbocycles. The van der Waals surface area contributed by atoms with Gasteiger partial charge in [0.15, 0.2) is 0 Å². The maximum absolute atomic E-state index is 11.3. The molecular formula is C15H15N5O2S. The van der Waals surface area contributed by atoms with Crippen LogP contribution < -0.4 is 11.2 Å². The largest absolute Gasteiger partial charge is 0.325 e. The van der Waals surface area contributed by atoms with Crippen LogP contribution in [0, 0.1) is 11.3 Å². The predicted octanol–water partition coefficient (Wildman–Crippen LogP) is 0.610. The second kappa shape index (κ2) is 6.40. The lowest BCUT2D eigenvalue weighted by molar-refractivity contribution is 0.309. The number of aromatic nitrogens is 3. The van der Waals surface area contributed by atoms with Gasteiger partial charge in [0, 0.05) is 42.7 Å². The van der Waals surface area contributed by atoms with E-state index in [1.54, 1.807) is 0 Å². The number of aromatic amines is 2. The molecule has 2 N–H and O–H groups in total. The molecule has 1 aliphatic heterocycles. The summed E-state index contributed by atoms with van der Waals surface area (Å²) in [5.41, 5.74) is 2.16. The topological polar surface area (TPSA) is 106 Å². The van der Waals surface area contributed by atoms with E-state index in [1.165, 1.54) is 17.8 Å². The van der Waals surface area contributed by atoms with E-state index in [0.717, 1.165) is 30.8 Å². The number of H-pyrrole nitrogens is 2. The van der Waals surface area contributed by atoms with Crippen LogP contribution >= 0.6 is 11.8 Å².